The maximum absolute atomic E-state index is 11.5. The van der Waals surface area contributed by atoms with E-state index in [4.69, 9.17) is 4.74 Å². The Morgan fingerprint density at radius 3 is 2.94 bits per heavy atom. The van der Waals surface area contributed by atoms with Gasteiger partial charge in [0.05, 0.1) is 13.2 Å². The van der Waals surface area contributed by atoms with Gasteiger partial charge in [-0.25, -0.2) is 0 Å². The van der Waals surface area contributed by atoms with E-state index in [0.717, 1.165) is 25.0 Å². The Hall–Kier alpha value is -0.610. The molecular weight excluding hydrogens is 216 g/mol. The van der Waals surface area contributed by atoms with Crippen LogP contribution in [0.1, 0.15) is 26.2 Å². The van der Waals surface area contributed by atoms with Crippen LogP contribution in [0.4, 0.5) is 0 Å². The van der Waals surface area contributed by atoms with Crippen LogP contribution in [0.2, 0.25) is 0 Å². The van der Waals surface area contributed by atoms with Gasteiger partial charge in [0.2, 0.25) is 0 Å². The first-order valence-electron chi connectivity index (χ1n) is 6.79. The molecule has 4 nitrogen and oxygen atoms in total. The Bertz CT molecular complexity index is 270. The predicted octanol–water partition coefficient (Wildman–Crippen LogP) is 0.966. The highest BCUT2D eigenvalue weighted by Crippen LogP contribution is 2.29. The molecule has 0 N–H and O–H groups in total. The highest BCUT2D eigenvalue weighted by molar-refractivity contribution is 5.71. The van der Waals surface area contributed by atoms with Crippen LogP contribution in [-0.2, 0) is 9.53 Å². The van der Waals surface area contributed by atoms with Crippen molar-refractivity contribution in [2.75, 3.05) is 39.8 Å². The third-order valence-electron chi connectivity index (χ3n) is 4.09. The number of hydrogen-bond acceptors (Lipinski definition) is 4. The SMILES string of the molecule is CCOC(=O)CN1CCC2C(CCCN2C)C1. The predicted molar refractivity (Wildman–Crippen MR) is 66.8 cm³/mol. The summed E-state index contributed by atoms with van der Waals surface area (Å²) in [6.45, 7) is 6.15. The lowest BCUT2D eigenvalue weighted by atomic mass is 9.84. The van der Waals surface area contributed by atoms with Gasteiger partial charge in [-0.3, -0.25) is 9.69 Å². The highest BCUT2D eigenvalue weighted by atomic mass is 16.5. The zero-order valence-electron chi connectivity index (χ0n) is 11.0. The molecule has 2 rings (SSSR count). The molecule has 0 bridgehead atoms. The summed E-state index contributed by atoms with van der Waals surface area (Å²) >= 11 is 0. The molecule has 2 heterocycles. The number of nitrogens with zero attached hydrogens (tertiary/aromatic N) is 2. The molecule has 0 aromatic carbocycles. The van der Waals surface area contributed by atoms with Gasteiger partial charge in [-0.15, -0.1) is 0 Å². The van der Waals surface area contributed by atoms with E-state index < -0.39 is 0 Å². The van der Waals surface area contributed by atoms with Crippen LogP contribution in [0.25, 0.3) is 0 Å². The lowest BCUT2D eigenvalue weighted by molar-refractivity contribution is -0.145. The van der Waals surface area contributed by atoms with Crippen LogP contribution < -0.4 is 0 Å². The summed E-state index contributed by atoms with van der Waals surface area (Å²) in [6.07, 6.45) is 3.81. The molecule has 0 aromatic rings. The number of piperidine rings is 2. The molecule has 2 unspecified atom stereocenters. The normalized spacial score (nSPS) is 30.9. The molecule has 2 fully saturated rings. The Labute approximate surface area is 104 Å². The quantitative estimate of drug-likeness (QED) is 0.688. The summed E-state index contributed by atoms with van der Waals surface area (Å²) < 4.78 is 5.01. The molecule has 0 amide bonds. The maximum atomic E-state index is 11.5. The first-order chi connectivity index (χ1) is 8.20. The summed E-state index contributed by atoms with van der Waals surface area (Å²) in [5, 5.41) is 0. The Balaban J connectivity index is 1.83. The average molecular weight is 240 g/mol. The summed E-state index contributed by atoms with van der Waals surface area (Å²) in [5.41, 5.74) is 0. The molecule has 0 saturated carbocycles. The lowest BCUT2D eigenvalue weighted by Crippen LogP contribution is -2.53. The monoisotopic (exact) mass is 240 g/mol. The second-order valence-electron chi connectivity index (χ2n) is 5.28. The number of fused-ring (bicyclic) bond motifs is 1. The topological polar surface area (TPSA) is 32.8 Å². The minimum absolute atomic E-state index is 0.0740. The molecule has 2 aliphatic rings. The molecule has 0 spiro atoms. The number of ether oxygens (including phenoxy) is 1. The first kappa shape index (κ1) is 12.8. The first-order valence-corrected chi connectivity index (χ1v) is 6.79. The van der Waals surface area contributed by atoms with Gasteiger partial charge in [-0.2, -0.15) is 0 Å². The second kappa shape index (κ2) is 5.83. The van der Waals surface area contributed by atoms with Crippen molar-refractivity contribution in [2.45, 2.75) is 32.2 Å². The van der Waals surface area contributed by atoms with Gasteiger partial charge in [0.1, 0.15) is 0 Å². The number of esters is 1. The fraction of sp³-hybridized carbons (Fsp3) is 0.923. The van der Waals surface area contributed by atoms with Gasteiger partial charge >= 0.3 is 5.97 Å². The van der Waals surface area contributed by atoms with Crippen molar-refractivity contribution in [2.24, 2.45) is 5.92 Å². The summed E-state index contributed by atoms with van der Waals surface area (Å²) in [5.74, 6) is 0.673. The van der Waals surface area contributed by atoms with Gasteiger partial charge in [0, 0.05) is 19.1 Å². The van der Waals surface area contributed by atoms with Crippen molar-refractivity contribution >= 4 is 5.97 Å². The minimum Gasteiger partial charge on any atom is -0.465 e. The Kier molecular flexibility index (Phi) is 4.40. The summed E-state index contributed by atoms with van der Waals surface area (Å²) in [4.78, 5) is 16.2. The van der Waals surface area contributed by atoms with Crippen LogP contribution >= 0.6 is 0 Å². The van der Waals surface area contributed by atoms with Crippen LogP contribution in [0.5, 0.6) is 0 Å². The van der Waals surface area contributed by atoms with Crippen molar-refractivity contribution in [3.63, 3.8) is 0 Å². The number of likely N-dealkylation sites (tertiary alicyclic amines) is 2. The van der Waals surface area contributed by atoms with Gasteiger partial charge in [0.15, 0.2) is 0 Å². The van der Waals surface area contributed by atoms with Gasteiger partial charge < -0.3 is 9.64 Å². The molecule has 2 saturated heterocycles. The standard InChI is InChI=1S/C13H24N2O2/c1-3-17-13(16)10-15-8-6-12-11(9-15)5-4-7-14(12)2/h11-12H,3-10H2,1-2H3. The summed E-state index contributed by atoms with van der Waals surface area (Å²) in [6, 6.07) is 0.738. The van der Waals surface area contributed by atoms with Crippen molar-refractivity contribution in [3.8, 4) is 0 Å². The molecule has 4 heteroatoms. The van der Waals surface area contributed by atoms with E-state index in [1.165, 1.54) is 25.8 Å². The fourth-order valence-electron chi connectivity index (χ4n) is 3.26. The highest BCUT2D eigenvalue weighted by Gasteiger charge is 2.34. The fourth-order valence-corrected chi connectivity index (χ4v) is 3.26. The second-order valence-corrected chi connectivity index (χ2v) is 5.28. The zero-order chi connectivity index (χ0) is 12.3. The molecule has 17 heavy (non-hydrogen) atoms. The molecule has 0 aromatic heterocycles. The van der Waals surface area contributed by atoms with Crippen molar-refractivity contribution in [1.29, 1.82) is 0 Å². The van der Waals surface area contributed by atoms with Crippen molar-refractivity contribution in [1.82, 2.24) is 9.80 Å². The van der Waals surface area contributed by atoms with E-state index in [2.05, 4.69) is 16.8 Å². The van der Waals surface area contributed by atoms with Crippen LogP contribution in [0.15, 0.2) is 0 Å². The van der Waals surface area contributed by atoms with Crippen molar-refractivity contribution < 1.29 is 9.53 Å². The molecule has 98 valence electrons. The van der Waals surface area contributed by atoms with Crippen LogP contribution in [0, 0.1) is 5.92 Å². The van der Waals surface area contributed by atoms with Crippen LogP contribution in [0.3, 0.4) is 0 Å². The molecule has 2 aliphatic heterocycles. The van der Waals surface area contributed by atoms with E-state index in [9.17, 15) is 4.79 Å². The van der Waals surface area contributed by atoms with E-state index in [1.807, 2.05) is 6.92 Å². The third-order valence-corrected chi connectivity index (χ3v) is 4.09. The summed E-state index contributed by atoms with van der Waals surface area (Å²) in [7, 11) is 2.23. The molecule has 0 aliphatic carbocycles. The van der Waals surface area contributed by atoms with Gasteiger partial charge in [0.25, 0.3) is 0 Å². The average Bonchev–Trinajstić information content (AvgIpc) is 2.29. The zero-order valence-corrected chi connectivity index (χ0v) is 11.0. The van der Waals surface area contributed by atoms with Crippen LogP contribution in [-0.4, -0.2) is 61.6 Å². The van der Waals surface area contributed by atoms with E-state index in [-0.39, 0.29) is 5.97 Å². The molecular formula is C13H24N2O2. The number of carbonyl (C=O) groups excluding carboxylic acids is 1. The largest absolute Gasteiger partial charge is 0.465 e. The number of hydrogen-bond donors (Lipinski definition) is 0. The number of rotatable bonds is 3. The van der Waals surface area contributed by atoms with E-state index >= 15 is 0 Å². The maximum Gasteiger partial charge on any atom is 0.320 e. The van der Waals surface area contributed by atoms with Gasteiger partial charge in [-0.05, 0) is 45.7 Å². The molecule has 0 radical (unpaired) electrons. The third kappa shape index (κ3) is 3.19. The minimum atomic E-state index is -0.0740. The Morgan fingerprint density at radius 1 is 1.35 bits per heavy atom. The number of carbonyl (C=O) groups is 1. The Morgan fingerprint density at radius 2 is 2.18 bits per heavy atom. The van der Waals surface area contributed by atoms with Gasteiger partial charge in [-0.1, -0.05) is 0 Å². The van der Waals surface area contributed by atoms with E-state index in [1.54, 1.807) is 0 Å². The van der Waals surface area contributed by atoms with Crippen molar-refractivity contribution in [3.05, 3.63) is 0 Å². The molecule has 2 atom stereocenters. The smallest absolute Gasteiger partial charge is 0.320 e. The van der Waals surface area contributed by atoms with E-state index in [0.29, 0.717) is 13.2 Å². The lowest BCUT2D eigenvalue weighted by Gasteiger charge is -2.45.